The third-order valence-corrected chi connectivity index (χ3v) is 2.77. The minimum Gasteiger partial charge on any atom is -0.349 e. The first-order valence-corrected chi connectivity index (χ1v) is 5.32. The number of rotatable bonds is 2. The summed E-state index contributed by atoms with van der Waals surface area (Å²) >= 11 is 2.91. The predicted molar refractivity (Wildman–Crippen MR) is 54.5 cm³/mol. The molecule has 0 atom stereocenters. The van der Waals surface area contributed by atoms with E-state index in [9.17, 15) is 13.6 Å². The van der Waals surface area contributed by atoms with Gasteiger partial charge in [-0.1, -0.05) is 0 Å². The maximum atomic E-state index is 13.2. The van der Waals surface area contributed by atoms with Gasteiger partial charge in [0.05, 0.1) is 10.0 Å². The van der Waals surface area contributed by atoms with Crippen LogP contribution in [0, 0.1) is 11.6 Å². The van der Waals surface area contributed by atoms with Crippen molar-refractivity contribution in [2.75, 3.05) is 0 Å². The molecule has 2 rings (SSSR count). The van der Waals surface area contributed by atoms with Gasteiger partial charge in [0, 0.05) is 12.1 Å². The summed E-state index contributed by atoms with van der Waals surface area (Å²) in [7, 11) is 0. The Kier molecular flexibility index (Phi) is 2.73. The molecule has 1 saturated carbocycles. The molecule has 2 nitrogen and oxygen atoms in total. The topological polar surface area (TPSA) is 29.1 Å². The Morgan fingerprint density at radius 1 is 1.33 bits per heavy atom. The lowest BCUT2D eigenvalue weighted by Crippen LogP contribution is -2.26. The van der Waals surface area contributed by atoms with Gasteiger partial charge in [-0.15, -0.1) is 0 Å². The smallest absolute Gasteiger partial charge is 0.254 e. The summed E-state index contributed by atoms with van der Waals surface area (Å²) in [4.78, 5) is 11.5. The van der Waals surface area contributed by atoms with Gasteiger partial charge in [-0.05, 0) is 34.8 Å². The van der Waals surface area contributed by atoms with E-state index in [2.05, 4.69) is 21.2 Å². The van der Waals surface area contributed by atoms with Gasteiger partial charge < -0.3 is 5.32 Å². The normalized spacial score (nSPS) is 15.1. The molecule has 15 heavy (non-hydrogen) atoms. The summed E-state index contributed by atoms with van der Waals surface area (Å²) in [5.74, 6) is -2.04. The standard InChI is InChI=1S/C10H8BrF2NO/c11-7-3-6(8(12)4-9(7)13)10(15)14-5-1-2-5/h3-5H,1-2H2,(H,14,15). The maximum absolute atomic E-state index is 13.2. The fraction of sp³-hybridized carbons (Fsp3) is 0.300. The summed E-state index contributed by atoms with van der Waals surface area (Å²) in [5.41, 5.74) is -0.129. The molecule has 80 valence electrons. The van der Waals surface area contributed by atoms with Gasteiger partial charge >= 0.3 is 0 Å². The lowest BCUT2D eigenvalue weighted by molar-refractivity contribution is 0.0947. The van der Waals surface area contributed by atoms with Crippen LogP contribution in [0.5, 0.6) is 0 Å². The van der Waals surface area contributed by atoms with E-state index in [4.69, 9.17) is 0 Å². The van der Waals surface area contributed by atoms with Crippen LogP contribution in [0.4, 0.5) is 8.78 Å². The van der Waals surface area contributed by atoms with Gasteiger partial charge in [0.1, 0.15) is 11.6 Å². The van der Waals surface area contributed by atoms with Crippen molar-refractivity contribution < 1.29 is 13.6 Å². The second-order valence-electron chi connectivity index (χ2n) is 3.49. The molecule has 1 aromatic carbocycles. The van der Waals surface area contributed by atoms with Crippen molar-refractivity contribution in [1.29, 1.82) is 0 Å². The summed E-state index contributed by atoms with van der Waals surface area (Å²) in [6.45, 7) is 0. The number of carbonyl (C=O) groups excluding carboxylic acids is 1. The van der Waals surface area contributed by atoms with Gasteiger partial charge in [0.25, 0.3) is 5.91 Å². The Hall–Kier alpha value is -0.970. The first-order chi connectivity index (χ1) is 7.08. The zero-order valence-electron chi connectivity index (χ0n) is 7.69. The highest BCUT2D eigenvalue weighted by Gasteiger charge is 2.25. The van der Waals surface area contributed by atoms with Crippen LogP contribution in [0.1, 0.15) is 23.2 Å². The van der Waals surface area contributed by atoms with Crippen molar-refractivity contribution in [3.63, 3.8) is 0 Å². The van der Waals surface area contributed by atoms with Gasteiger partial charge in [0.2, 0.25) is 0 Å². The number of hydrogen-bond donors (Lipinski definition) is 1. The number of hydrogen-bond acceptors (Lipinski definition) is 1. The van der Waals surface area contributed by atoms with Gasteiger partial charge in [-0.3, -0.25) is 4.79 Å². The maximum Gasteiger partial charge on any atom is 0.254 e. The molecule has 0 aliphatic heterocycles. The molecule has 0 heterocycles. The van der Waals surface area contributed by atoms with Crippen LogP contribution in [0.2, 0.25) is 0 Å². The molecule has 0 aromatic heterocycles. The highest BCUT2D eigenvalue weighted by Crippen LogP contribution is 2.22. The number of halogens is 3. The van der Waals surface area contributed by atoms with E-state index in [1.54, 1.807) is 0 Å². The van der Waals surface area contributed by atoms with Crippen LogP contribution in [0.25, 0.3) is 0 Å². The largest absolute Gasteiger partial charge is 0.349 e. The quantitative estimate of drug-likeness (QED) is 0.826. The highest BCUT2D eigenvalue weighted by atomic mass is 79.9. The van der Waals surface area contributed by atoms with E-state index in [0.29, 0.717) is 6.07 Å². The zero-order chi connectivity index (χ0) is 11.0. The van der Waals surface area contributed by atoms with Crippen molar-refractivity contribution in [1.82, 2.24) is 5.32 Å². The molecule has 0 saturated heterocycles. The van der Waals surface area contributed by atoms with Crippen LogP contribution in [0.15, 0.2) is 16.6 Å². The molecule has 1 fully saturated rings. The van der Waals surface area contributed by atoms with Crippen molar-refractivity contribution in [2.24, 2.45) is 0 Å². The molecule has 1 amide bonds. The Balaban J connectivity index is 2.25. The highest BCUT2D eigenvalue weighted by molar-refractivity contribution is 9.10. The zero-order valence-corrected chi connectivity index (χ0v) is 9.27. The summed E-state index contributed by atoms with van der Waals surface area (Å²) in [6, 6.07) is 2.01. The van der Waals surface area contributed by atoms with Crippen LogP contribution >= 0.6 is 15.9 Å². The van der Waals surface area contributed by atoms with Crippen LogP contribution < -0.4 is 5.32 Å². The molecule has 5 heteroatoms. The monoisotopic (exact) mass is 275 g/mol. The molecule has 0 unspecified atom stereocenters. The van der Waals surface area contributed by atoms with E-state index >= 15 is 0 Å². The molecular weight excluding hydrogens is 268 g/mol. The lowest BCUT2D eigenvalue weighted by Gasteiger charge is -2.05. The number of carbonyl (C=O) groups is 1. The Bertz CT molecular complexity index is 418. The molecule has 0 radical (unpaired) electrons. The van der Waals surface area contributed by atoms with Crippen LogP contribution in [-0.4, -0.2) is 11.9 Å². The fourth-order valence-electron chi connectivity index (χ4n) is 1.19. The van der Waals surface area contributed by atoms with Gasteiger partial charge in [-0.2, -0.15) is 0 Å². The van der Waals surface area contributed by atoms with E-state index in [0.717, 1.165) is 18.9 Å². The Morgan fingerprint density at radius 2 is 2.00 bits per heavy atom. The first-order valence-electron chi connectivity index (χ1n) is 4.53. The average Bonchev–Trinajstić information content (AvgIpc) is 2.95. The molecule has 1 aromatic rings. The Morgan fingerprint density at radius 3 is 2.60 bits per heavy atom. The first kappa shape index (κ1) is 10.5. The second kappa shape index (κ2) is 3.89. The molecule has 0 spiro atoms. The molecule has 1 aliphatic carbocycles. The molecular formula is C10H8BrF2NO. The van der Waals surface area contributed by atoms with Gasteiger partial charge in [-0.25, -0.2) is 8.78 Å². The van der Waals surface area contributed by atoms with Crippen LogP contribution in [-0.2, 0) is 0 Å². The van der Waals surface area contributed by atoms with Crippen molar-refractivity contribution in [2.45, 2.75) is 18.9 Å². The van der Waals surface area contributed by atoms with E-state index < -0.39 is 17.5 Å². The summed E-state index contributed by atoms with van der Waals surface area (Å²) in [5, 5.41) is 2.64. The number of nitrogens with one attached hydrogen (secondary N) is 1. The third-order valence-electron chi connectivity index (χ3n) is 2.17. The van der Waals surface area contributed by atoms with E-state index in [1.165, 1.54) is 0 Å². The minimum absolute atomic E-state index is 0.0878. The molecule has 0 bridgehead atoms. The third kappa shape index (κ3) is 2.34. The van der Waals surface area contributed by atoms with Crippen molar-refractivity contribution in [3.05, 3.63) is 33.8 Å². The fourth-order valence-corrected chi connectivity index (χ4v) is 1.53. The van der Waals surface area contributed by atoms with E-state index in [1.807, 2.05) is 0 Å². The van der Waals surface area contributed by atoms with Crippen LogP contribution in [0.3, 0.4) is 0 Å². The molecule has 1 N–H and O–H groups in total. The minimum atomic E-state index is -0.839. The SMILES string of the molecule is O=C(NC1CC1)c1cc(Br)c(F)cc1F. The van der Waals surface area contributed by atoms with Crippen molar-refractivity contribution >= 4 is 21.8 Å². The summed E-state index contributed by atoms with van der Waals surface area (Å²) in [6.07, 6.45) is 1.85. The average molecular weight is 276 g/mol. The number of amides is 1. The van der Waals surface area contributed by atoms with E-state index in [-0.39, 0.29) is 16.1 Å². The lowest BCUT2D eigenvalue weighted by atomic mass is 10.2. The molecule has 1 aliphatic rings. The van der Waals surface area contributed by atoms with Gasteiger partial charge in [0.15, 0.2) is 0 Å². The Labute approximate surface area is 93.8 Å². The summed E-state index contributed by atoms with van der Waals surface area (Å²) < 4.78 is 26.2. The number of benzene rings is 1. The second-order valence-corrected chi connectivity index (χ2v) is 4.35. The van der Waals surface area contributed by atoms with Crippen molar-refractivity contribution in [3.8, 4) is 0 Å². The predicted octanol–water partition coefficient (Wildman–Crippen LogP) is 2.62.